The smallest absolute Gasteiger partial charge is 0.188 e. The van der Waals surface area contributed by atoms with Crippen LogP contribution in [0.1, 0.15) is 51.3 Å². The van der Waals surface area contributed by atoms with Gasteiger partial charge in [-0.25, -0.2) is 0 Å². The van der Waals surface area contributed by atoms with E-state index >= 15 is 0 Å². The molecule has 0 aliphatic carbocycles. The minimum absolute atomic E-state index is 0.172. The summed E-state index contributed by atoms with van der Waals surface area (Å²) in [6.07, 6.45) is 1.83. The Kier molecular flexibility index (Phi) is 6.67. The summed E-state index contributed by atoms with van der Waals surface area (Å²) in [5.74, 6) is -1.30. The zero-order valence-electron chi connectivity index (χ0n) is 18.6. The number of rotatable bonds is 7. The summed E-state index contributed by atoms with van der Waals surface area (Å²) in [6, 6.07) is 23.8. The topological polar surface area (TPSA) is 60.2 Å². The predicted molar refractivity (Wildman–Crippen MR) is 126 cm³/mol. The average molecular weight is 412 g/mol. The number of hydrogen-bond acceptors (Lipinski definition) is 3. The molecule has 3 heteroatoms. The van der Waals surface area contributed by atoms with Crippen LogP contribution in [0.25, 0.3) is 0 Å². The summed E-state index contributed by atoms with van der Waals surface area (Å²) in [7, 11) is 0. The summed E-state index contributed by atoms with van der Waals surface area (Å²) in [5, 5.41) is 0. The quantitative estimate of drug-likeness (QED) is 0.394. The molecule has 0 aliphatic rings. The van der Waals surface area contributed by atoms with E-state index in [0.717, 1.165) is 16.7 Å². The summed E-state index contributed by atoms with van der Waals surface area (Å²) in [5.41, 5.74) is 10.1. The van der Waals surface area contributed by atoms with Crippen molar-refractivity contribution in [2.45, 2.75) is 33.2 Å². The molecule has 0 aromatic heterocycles. The monoisotopic (exact) mass is 411 g/mol. The molecule has 0 bridgehead atoms. The maximum absolute atomic E-state index is 14.0. The van der Waals surface area contributed by atoms with Crippen molar-refractivity contribution in [1.29, 1.82) is 0 Å². The Bertz CT molecular complexity index is 1110. The van der Waals surface area contributed by atoms with Crippen LogP contribution in [0.15, 0.2) is 90.5 Å². The Morgan fingerprint density at radius 3 is 1.90 bits per heavy atom. The number of carbonyl (C=O) groups is 2. The second-order valence-corrected chi connectivity index (χ2v) is 8.26. The molecule has 158 valence electrons. The van der Waals surface area contributed by atoms with Crippen molar-refractivity contribution in [3.05, 3.63) is 118 Å². The highest BCUT2D eigenvalue weighted by Crippen LogP contribution is 2.37. The molecule has 0 fully saturated rings. The Morgan fingerprint density at radius 2 is 1.35 bits per heavy atom. The van der Waals surface area contributed by atoms with E-state index in [1.54, 1.807) is 24.3 Å². The number of allylic oxidation sites excluding steroid dienone is 1. The number of ketones is 2. The van der Waals surface area contributed by atoms with E-state index in [0.29, 0.717) is 16.7 Å². The van der Waals surface area contributed by atoms with Crippen LogP contribution in [-0.2, 0) is 5.54 Å². The fourth-order valence-electron chi connectivity index (χ4n) is 3.99. The highest BCUT2D eigenvalue weighted by atomic mass is 16.1. The van der Waals surface area contributed by atoms with Crippen LogP contribution in [0.4, 0.5) is 0 Å². The van der Waals surface area contributed by atoms with Gasteiger partial charge in [0, 0.05) is 11.1 Å². The van der Waals surface area contributed by atoms with Gasteiger partial charge < -0.3 is 5.73 Å². The van der Waals surface area contributed by atoms with Crippen molar-refractivity contribution in [3.63, 3.8) is 0 Å². The van der Waals surface area contributed by atoms with Crippen LogP contribution < -0.4 is 5.73 Å². The zero-order valence-corrected chi connectivity index (χ0v) is 18.6. The lowest BCUT2D eigenvalue weighted by atomic mass is 9.69. The highest BCUT2D eigenvalue weighted by Gasteiger charge is 2.47. The van der Waals surface area contributed by atoms with E-state index in [-0.39, 0.29) is 11.6 Å². The van der Waals surface area contributed by atoms with E-state index in [1.165, 1.54) is 0 Å². The highest BCUT2D eigenvalue weighted by molar-refractivity contribution is 6.10. The van der Waals surface area contributed by atoms with Crippen LogP contribution in [0, 0.1) is 19.8 Å². The van der Waals surface area contributed by atoms with Gasteiger partial charge in [0.15, 0.2) is 11.6 Å². The molecule has 3 rings (SSSR count). The summed E-state index contributed by atoms with van der Waals surface area (Å²) < 4.78 is 0. The molecule has 0 saturated carbocycles. The minimum Gasteiger partial charge on any atom is -0.314 e. The van der Waals surface area contributed by atoms with E-state index < -0.39 is 11.5 Å². The van der Waals surface area contributed by atoms with Crippen molar-refractivity contribution in [2.75, 3.05) is 0 Å². The fraction of sp³-hybridized carbons (Fsp3) is 0.214. The largest absolute Gasteiger partial charge is 0.314 e. The van der Waals surface area contributed by atoms with Gasteiger partial charge in [-0.1, -0.05) is 90.5 Å². The van der Waals surface area contributed by atoms with Gasteiger partial charge in [-0.05, 0) is 44.4 Å². The minimum atomic E-state index is -1.55. The normalized spacial score (nSPS) is 13.7. The lowest BCUT2D eigenvalue weighted by Gasteiger charge is -2.36. The third kappa shape index (κ3) is 4.42. The molecule has 0 heterocycles. The molecule has 3 nitrogen and oxygen atoms in total. The second kappa shape index (κ2) is 9.23. The molecule has 0 saturated heterocycles. The zero-order chi connectivity index (χ0) is 22.6. The molecule has 0 amide bonds. The average Bonchev–Trinajstić information content (AvgIpc) is 2.79. The molecular formula is C28H29NO2. The van der Waals surface area contributed by atoms with Crippen LogP contribution in [0.5, 0.6) is 0 Å². The van der Waals surface area contributed by atoms with Gasteiger partial charge in [0.2, 0.25) is 0 Å². The van der Waals surface area contributed by atoms with E-state index in [9.17, 15) is 9.59 Å². The lowest BCUT2D eigenvalue weighted by molar-refractivity contribution is 0.0757. The number of benzene rings is 3. The van der Waals surface area contributed by atoms with Crippen LogP contribution in [0.3, 0.4) is 0 Å². The van der Waals surface area contributed by atoms with Crippen LogP contribution >= 0.6 is 0 Å². The van der Waals surface area contributed by atoms with Crippen molar-refractivity contribution in [3.8, 4) is 0 Å². The van der Waals surface area contributed by atoms with Gasteiger partial charge in [-0.3, -0.25) is 9.59 Å². The van der Waals surface area contributed by atoms with Crippen LogP contribution in [-0.4, -0.2) is 11.6 Å². The van der Waals surface area contributed by atoms with Gasteiger partial charge in [0.05, 0.1) is 5.92 Å². The van der Waals surface area contributed by atoms with Crippen molar-refractivity contribution < 1.29 is 9.59 Å². The molecule has 3 aromatic carbocycles. The van der Waals surface area contributed by atoms with E-state index in [2.05, 4.69) is 0 Å². The van der Waals surface area contributed by atoms with Gasteiger partial charge in [0.1, 0.15) is 5.54 Å². The van der Waals surface area contributed by atoms with Crippen LogP contribution in [0.2, 0.25) is 0 Å². The fourth-order valence-corrected chi connectivity index (χ4v) is 3.99. The Hall–Kier alpha value is -3.30. The van der Waals surface area contributed by atoms with Gasteiger partial charge in [-0.15, -0.1) is 0 Å². The number of carbonyl (C=O) groups excluding carboxylic acids is 2. The van der Waals surface area contributed by atoms with Crippen molar-refractivity contribution in [1.82, 2.24) is 0 Å². The molecule has 3 aromatic rings. The first-order valence-electron chi connectivity index (χ1n) is 10.5. The number of aryl methyl sites for hydroxylation is 1. The summed E-state index contributed by atoms with van der Waals surface area (Å²) in [6.45, 7) is 7.78. The first kappa shape index (κ1) is 22.4. The maximum atomic E-state index is 14.0. The molecule has 0 spiro atoms. The standard InChI is InChI=1S/C28H29NO2/c1-19(2)18-25(26(30)22-13-7-5-8-14-22)28(29,24-17-11-12-20(3)21(24)4)27(31)23-15-9-6-10-16-23/h5-18,25H,29H2,1-4H3. The van der Waals surface area contributed by atoms with E-state index in [1.807, 2.05) is 88.4 Å². The van der Waals surface area contributed by atoms with Gasteiger partial charge >= 0.3 is 0 Å². The third-order valence-corrected chi connectivity index (χ3v) is 5.79. The first-order chi connectivity index (χ1) is 14.8. The summed E-state index contributed by atoms with van der Waals surface area (Å²) in [4.78, 5) is 27.7. The van der Waals surface area contributed by atoms with Crippen molar-refractivity contribution in [2.24, 2.45) is 11.7 Å². The predicted octanol–water partition coefficient (Wildman–Crippen LogP) is 5.81. The first-order valence-corrected chi connectivity index (χ1v) is 10.5. The Labute approximate surface area is 184 Å². The molecular weight excluding hydrogens is 382 g/mol. The Morgan fingerprint density at radius 1 is 0.806 bits per heavy atom. The van der Waals surface area contributed by atoms with Crippen molar-refractivity contribution >= 4 is 11.6 Å². The number of Topliss-reactive ketones (excluding diaryl/α,β-unsaturated/α-hetero) is 2. The molecule has 31 heavy (non-hydrogen) atoms. The molecule has 2 N–H and O–H groups in total. The second-order valence-electron chi connectivity index (χ2n) is 8.26. The molecule has 2 unspecified atom stereocenters. The van der Waals surface area contributed by atoms with Gasteiger partial charge in [-0.2, -0.15) is 0 Å². The third-order valence-electron chi connectivity index (χ3n) is 5.79. The Balaban J connectivity index is 2.31. The van der Waals surface area contributed by atoms with E-state index in [4.69, 9.17) is 5.73 Å². The van der Waals surface area contributed by atoms with Gasteiger partial charge in [0.25, 0.3) is 0 Å². The summed E-state index contributed by atoms with van der Waals surface area (Å²) >= 11 is 0. The number of hydrogen-bond donors (Lipinski definition) is 1. The molecule has 0 radical (unpaired) electrons. The molecule has 2 atom stereocenters. The lowest BCUT2D eigenvalue weighted by Crippen LogP contribution is -2.54. The molecule has 0 aliphatic heterocycles. The maximum Gasteiger partial charge on any atom is 0.188 e. The number of nitrogens with two attached hydrogens (primary N) is 1. The SMILES string of the molecule is CC(C)=CC(C(=O)c1ccccc1)C(N)(C(=O)c1ccccc1)c1cccc(C)c1C.